The van der Waals surface area contributed by atoms with Crippen LogP contribution in [-0.2, 0) is 0 Å². The van der Waals surface area contributed by atoms with E-state index in [1.54, 1.807) is 0 Å². The molecule has 0 saturated heterocycles. The highest BCUT2D eigenvalue weighted by atomic mass is 79.9. The lowest BCUT2D eigenvalue weighted by Gasteiger charge is -2.43. The fourth-order valence-electron chi connectivity index (χ4n) is 2.98. The number of fused-ring (bicyclic) bond motifs is 1. The first-order chi connectivity index (χ1) is 7.70. The van der Waals surface area contributed by atoms with Crippen molar-refractivity contribution in [1.82, 2.24) is 0 Å². The topological polar surface area (TPSA) is 15.3 Å². The summed E-state index contributed by atoms with van der Waals surface area (Å²) in [4.78, 5) is 2.40. The molecule has 2 nitrogen and oxygen atoms in total. The molecule has 1 N–H and O–H groups in total. The zero-order valence-corrected chi connectivity index (χ0v) is 11.2. The molecule has 86 valence electrons. The summed E-state index contributed by atoms with van der Waals surface area (Å²) in [5.41, 5.74) is 3.10. The smallest absolute Gasteiger partial charge is 0.0743 e. The Balaban J connectivity index is 1.99. The fraction of sp³-hybridized carbons (Fsp3) is 0.538. The van der Waals surface area contributed by atoms with Gasteiger partial charge in [0.05, 0.1) is 11.4 Å². The Hall–Kier alpha value is -0.700. The average molecular weight is 281 g/mol. The highest BCUT2D eigenvalue weighted by Gasteiger charge is 2.40. The summed E-state index contributed by atoms with van der Waals surface area (Å²) in [5.74, 6) is 0. The number of nitrogens with zero attached hydrogens (tertiary/aromatic N) is 1. The van der Waals surface area contributed by atoms with Crippen molar-refractivity contribution in [1.29, 1.82) is 0 Å². The number of halogens is 1. The van der Waals surface area contributed by atoms with Crippen LogP contribution in [0, 0.1) is 5.41 Å². The molecule has 0 atom stereocenters. The Morgan fingerprint density at radius 1 is 1.38 bits per heavy atom. The fourth-order valence-corrected chi connectivity index (χ4v) is 3.65. The van der Waals surface area contributed by atoms with Crippen LogP contribution in [0.4, 0.5) is 11.4 Å². The van der Waals surface area contributed by atoms with Gasteiger partial charge in [-0.1, -0.05) is 12.5 Å². The zero-order valence-electron chi connectivity index (χ0n) is 9.59. The van der Waals surface area contributed by atoms with Crippen LogP contribution in [0.2, 0.25) is 0 Å². The molecular formula is C13H17BrN2. The maximum Gasteiger partial charge on any atom is 0.0743 e. The van der Waals surface area contributed by atoms with Crippen LogP contribution in [0.25, 0.3) is 0 Å². The van der Waals surface area contributed by atoms with Gasteiger partial charge >= 0.3 is 0 Å². The minimum atomic E-state index is 0.521. The largest absolute Gasteiger partial charge is 0.383 e. The molecule has 3 heteroatoms. The summed E-state index contributed by atoms with van der Waals surface area (Å²) in [7, 11) is 2.21. The standard InChI is InChI=1S/C13H17BrN2/c1-16-9-13(6-3-7-13)8-15-11-5-2-4-10(14)12(11)16/h2,4-5,15H,3,6-9H2,1H3. The number of hydrogen-bond acceptors (Lipinski definition) is 2. The van der Waals surface area contributed by atoms with Gasteiger partial charge in [0.15, 0.2) is 0 Å². The van der Waals surface area contributed by atoms with E-state index < -0.39 is 0 Å². The van der Waals surface area contributed by atoms with Gasteiger partial charge < -0.3 is 10.2 Å². The van der Waals surface area contributed by atoms with Gasteiger partial charge in [0.2, 0.25) is 0 Å². The van der Waals surface area contributed by atoms with Gasteiger partial charge in [0, 0.05) is 30.0 Å². The number of nitrogens with one attached hydrogen (secondary N) is 1. The van der Waals surface area contributed by atoms with E-state index in [0.717, 1.165) is 6.54 Å². The van der Waals surface area contributed by atoms with Crippen molar-refractivity contribution in [2.75, 3.05) is 30.4 Å². The number of benzene rings is 1. The van der Waals surface area contributed by atoms with Crippen LogP contribution < -0.4 is 10.2 Å². The van der Waals surface area contributed by atoms with Gasteiger partial charge in [-0.3, -0.25) is 0 Å². The first-order valence-electron chi connectivity index (χ1n) is 5.94. The monoisotopic (exact) mass is 280 g/mol. The van der Waals surface area contributed by atoms with Crippen LogP contribution >= 0.6 is 15.9 Å². The van der Waals surface area contributed by atoms with E-state index in [-0.39, 0.29) is 0 Å². The van der Waals surface area contributed by atoms with Crippen LogP contribution in [-0.4, -0.2) is 20.1 Å². The molecule has 0 radical (unpaired) electrons. The third-order valence-corrected chi connectivity index (χ3v) is 4.65. The summed E-state index contributed by atoms with van der Waals surface area (Å²) in [6, 6.07) is 6.40. The first-order valence-corrected chi connectivity index (χ1v) is 6.73. The molecular weight excluding hydrogens is 264 g/mol. The summed E-state index contributed by atoms with van der Waals surface area (Å²) in [6.07, 6.45) is 4.14. The number of rotatable bonds is 0. The third-order valence-electron chi connectivity index (χ3n) is 4.01. The van der Waals surface area contributed by atoms with Gasteiger partial charge in [0.1, 0.15) is 0 Å². The van der Waals surface area contributed by atoms with Crippen molar-refractivity contribution in [3.8, 4) is 0 Å². The van der Waals surface area contributed by atoms with Gasteiger partial charge in [-0.05, 0) is 40.9 Å². The Morgan fingerprint density at radius 2 is 2.19 bits per heavy atom. The second kappa shape index (κ2) is 3.66. The van der Waals surface area contributed by atoms with Crippen LogP contribution in [0.5, 0.6) is 0 Å². The molecule has 1 heterocycles. The average Bonchev–Trinajstić information content (AvgIpc) is 2.36. The van der Waals surface area contributed by atoms with Crippen molar-refractivity contribution >= 4 is 27.3 Å². The quantitative estimate of drug-likeness (QED) is 0.783. The zero-order chi connectivity index (χ0) is 11.2. The molecule has 1 spiro atoms. The second-order valence-corrected chi connectivity index (χ2v) is 6.05. The molecule has 0 unspecified atom stereocenters. The molecule has 1 fully saturated rings. The lowest BCUT2D eigenvalue weighted by molar-refractivity contribution is 0.162. The summed E-state index contributed by atoms with van der Waals surface area (Å²) >= 11 is 3.65. The molecule has 16 heavy (non-hydrogen) atoms. The maximum atomic E-state index is 3.65. The molecule has 2 aliphatic rings. The van der Waals surface area contributed by atoms with Crippen LogP contribution in [0.15, 0.2) is 22.7 Å². The van der Waals surface area contributed by atoms with Crippen LogP contribution in [0.3, 0.4) is 0 Å². The lowest BCUT2D eigenvalue weighted by Crippen LogP contribution is -2.43. The van der Waals surface area contributed by atoms with E-state index in [9.17, 15) is 0 Å². The number of para-hydroxylation sites is 1. The minimum Gasteiger partial charge on any atom is -0.383 e. The van der Waals surface area contributed by atoms with Gasteiger partial charge in [-0.2, -0.15) is 0 Å². The van der Waals surface area contributed by atoms with Gasteiger partial charge in [-0.15, -0.1) is 0 Å². The van der Waals surface area contributed by atoms with Crippen molar-refractivity contribution in [3.05, 3.63) is 22.7 Å². The van der Waals surface area contributed by atoms with E-state index in [4.69, 9.17) is 0 Å². The van der Waals surface area contributed by atoms with Crippen molar-refractivity contribution in [3.63, 3.8) is 0 Å². The molecule has 1 aliphatic carbocycles. The highest BCUT2D eigenvalue weighted by molar-refractivity contribution is 9.10. The predicted molar refractivity (Wildman–Crippen MR) is 72.2 cm³/mol. The summed E-state index contributed by atoms with van der Waals surface area (Å²) < 4.78 is 1.19. The lowest BCUT2D eigenvalue weighted by atomic mass is 9.68. The number of hydrogen-bond donors (Lipinski definition) is 1. The second-order valence-electron chi connectivity index (χ2n) is 5.20. The predicted octanol–water partition coefficient (Wildman–Crippen LogP) is 3.48. The molecule has 1 aromatic carbocycles. The highest BCUT2D eigenvalue weighted by Crippen LogP contribution is 2.46. The van der Waals surface area contributed by atoms with Crippen LogP contribution in [0.1, 0.15) is 19.3 Å². The Morgan fingerprint density at radius 3 is 2.88 bits per heavy atom. The summed E-state index contributed by atoms with van der Waals surface area (Å²) in [6.45, 7) is 2.30. The molecule has 0 aromatic heterocycles. The van der Waals surface area contributed by atoms with E-state index in [1.165, 1.54) is 41.7 Å². The van der Waals surface area contributed by atoms with E-state index in [0.29, 0.717) is 5.41 Å². The SMILES string of the molecule is CN1CC2(CCC2)CNc2cccc(Br)c21. The normalized spacial score (nSPS) is 22.0. The van der Waals surface area contributed by atoms with Crippen molar-refractivity contribution < 1.29 is 0 Å². The van der Waals surface area contributed by atoms with Gasteiger partial charge in [0.25, 0.3) is 0 Å². The Bertz CT molecular complexity index is 412. The Kier molecular flexibility index (Phi) is 2.39. The van der Waals surface area contributed by atoms with E-state index >= 15 is 0 Å². The minimum absolute atomic E-state index is 0.521. The van der Waals surface area contributed by atoms with Crippen molar-refractivity contribution in [2.45, 2.75) is 19.3 Å². The molecule has 0 bridgehead atoms. The molecule has 1 aromatic rings. The van der Waals surface area contributed by atoms with Gasteiger partial charge in [-0.25, -0.2) is 0 Å². The third kappa shape index (κ3) is 1.53. The summed E-state index contributed by atoms with van der Waals surface area (Å²) in [5, 5.41) is 3.62. The molecule has 1 aliphatic heterocycles. The molecule has 3 rings (SSSR count). The molecule has 0 amide bonds. The van der Waals surface area contributed by atoms with Crippen molar-refractivity contribution in [2.24, 2.45) is 5.41 Å². The Labute approximate surface area is 105 Å². The first kappa shape index (κ1) is 10.5. The molecule has 1 saturated carbocycles. The maximum absolute atomic E-state index is 3.65. The number of anilines is 2. The van der Waals surface area contributed by atoms with E-state index in [2.05, 4.69) is 51.4 Å². The van der Waals surface area contributed by atoms with E-state index in [1.807, 2.05) is 0 Å².